The van der Waals surface area contributed by atoms with E-state index < -0.39 is 20.3 Å². The average Bonchev–Trinajstić information content (AvgIpc) is 3.23. The summed E-state index contributed by atoms with van der Waals surface area (Å²) in [5.74, 6) is 0.920. The van der Waals surface area contributed by atoms with E-state index in [-0.39, 0.29) is 0 Å². The van der Waals surface area contributed by atoms with Gasteiger partial charge in [0.2, 0.25) is 0 Å². The SMILES string of the molecule is CCCCCCCC/C=C\CCCCCCC[CH2][Zr]([CH2]CCCCCCC/C=C\CCCCCCCC)([CH2]CCCCCCC/C=C\CCCCCCCC)[CH2]C(C)C. The Hall–Kier alpha value is 0.103. The molecule has 0 unspecified atom stereocenters. The van der Waals surface area contributed by atoms with Crippen LogP contribution in [0.5, 0.6) is 0 Å². The fourth-order valence-electron chi connectivity index (χ4n) is 9.79. The van der Waals surface area contributed by atoms with Gasteiger partial charge < -0.3 is 0 Å². The Morgan fingerprint density at radius 1 is 0.254 bits per heavy atom. The maximum atomic E-state index is 2.57. The summed E-state index contributed by atoms with van der Waals surface area (Å²) in [6.45, 7) is 12.1. The summed E-state index contributed by atoms with van der Waals surface area (Å²) in [6, 6.07) is 0. The van der Waals surface area contributed by atoms with Gasteiger partial charge in [-0.05, 0) is 0 Å². The molecule has 0 aliphatic carbocycles. The molecule has 0 aromatic rings. The van der Waals surface area contributed by atoms with Gasteiger partial charge in [-0.1, -0.05) is 117 Å². The van der Waals surface area contributed by atoms with Crippen LogP contribution in [0.25, 0.3) is 0 Å². The van der Waals surface area contributed by atoms with E-state index in [1.54, 1.807) is 35.8 Å². The molecular formula is C58H114Zr. The molecule has 59 heavy (non-hydrogen) atoms. The summed E-state index contributed by atoms with van der Waals surface area (Å²) in [7, 11) is 0. The number of hydrogen-bond donors (Lipinski definition) is 0. The van der Waals surface area contributed by atoms with Crippen LogP contribution in [0, 0.1) is 5.92 Å². The van der Waals surface area contributed by atoms with E-state index in [2.05, 4.69) is 71.1 Å². The Labute approximate surface area is 381 Å². The summed E-state index contributed by atoms with van der Waals surface area (Å²) in [5, 5.41) is 0. The van der Waals surface area contributed by atoms with E-state index in [1.807, 2.05) is 0 Å². The van der Waals surface area contributed by atoms with Gasteiger partial charge >= 0.3 is 266 Å². The van der Waals surface area contributed by atoms with Crippen LogP contribution in [0.15, 0.2) is 36.5 Å². The van der Waals surface area contributed by atoms with Crippen LogP contribution in [0.3, 0.4) is 0 Å². The van der Waals surface area contributed by atoms with Crippen LogP contribution in [-0.2, 0) is 20.3 Å². The Balaban J connectivity index is 4.53. The first-order chi connectivity index (χ1) is 29.1. The van der Waals surface area contributed by atoms with Crippen LogP contribution in [-0.4, -0.2) is 0 Å². The molecule has 1 heteroatoms. The Morgan fingerprint density at radius 2 is 0.441 bits per heavy atom. The van der Waals surface area contributed by atoms with Crippen LogP contribution >= 0.6 is 0 Å². The molecule has 0 fully saturated rings. The minimum absolute atomic E-state index is 0.920. The van der Waals surface area contributed by atoms with E-state index in [4.69, 9.17) is 0 Å². The van der Waals surface area contributed by atoms with Crippen LogP contribution in [0.1, 0.15) is 304 Å². The predicted molar refractivity (Wildman–Crippen MR) is 272 cm³/mol. The van der Waals surface area contributed by atoms with E-state index in [1.165, 1.54) is 250 Å². The van der Waals surface area contributed by atoms with Crippen LogP contribution in [0.4, 0.5) is 0 Å². The number of rotatable bonds is 50. The summed E-state index contributed by atoms with van der Waals surface area (Å²) < 4.78 is 6.81. The molecule has 0 amide bonds. The van der Waals surface area contributed by atoms with Crippen molar-refractivity contribution in [2.45, 2.75) is 321 Å². The molecular weight excluding hydrogens is 788 g/mol. The monoisotopic (exact) mass is 901 g/mol. The van der Waals surface area contributed by atoms with E-state index in [9.17, 15) is 0 Å². The standard InChI is InChI=1S/3C18H35.C4H9.Zr/c3*1-3-5-7-9-11-13-15-17-18-16-14-12-10-8-6-4-2;1-4(2)3;/h3*17-18H,1,3-16H2,2H3;4H,1H2,2-3H3;/b3*18-17-;;. The summed E-state index contributed by atoms with van der Waals surface area (Å²) >= 11 is -2.14. The zero-order chi connectivity index (χ0) is 42.8. The molecule has 0 aliphatic heterocycles. The van der Waals surface area contributed by atoms with E-state index in [0.717, 1.165) is 5.92 Å². The molecule has 0 heterocycles. The molecule has 0 saturated carbocycles. The van der Waals surface area contributed by atoms with Gasteiger partial charge in [0, 0.05) is 0 Å². The second kappa shape index (κ2) is 50.7. The Morgan fingerprint density at radius 3 is 0.644 bits per heavy atom. The second-order valence-corrected chi connectivity index (χ2v) is 32.2. The van der Waals surface area contributed by atoms with Crippen molar-refractivity contribution in [2.24, 2.45) is 5.92 Å². The molecule has 350 valence electrons. The minimum atomic E-state index is -2.14. The first-order valence-electron chi connectivity index (χ1n) is 28.0. The van der Waals surface area contributed by atoms with Gasteiger partial charge in [-0.3, -0.25) is 0 Å². The third kappa shape index (κ3) is 47.4. The molecule has 0 aliphatic rings. The van der Waals surface area contributed by atoms with Crippen molar-refractivity contribution in [3.8, 4) is 0 Å². The number of unbranched alkanes of at least 4 members (excludes halogenated alkanes) is 36. The normalized spacial score (nSPS) is 12.5. The molecule has 0 saturated heterocycles. The number of allylic oxidation sites excluding steroid dienone is 6. The maximum absolute atomic E-state index is 2.57. The van der Waals surface area contributed by atoms with Gasteiger partial charge in [-0.15, -0.1) is 0 Å². The van der Waals surface area contributed by atoms with Crippen molar-refractivity contribution in [2.75, 3.05) is 0 Å². The van der Waals surface area contributed by atoms with Crippen molar-refractivity contribution in [3.05, 3.63) is 36.5 Å². The van der Waals surface area contributed by atoms with Gasteiger partial charge in [0.05, 0.1) is 0 Å². The molecule has 0 aromatic carbocycles. The molecule has 0 atom stereocenters. The zero-order valence-corrected chi connectivity index (χ0v) is 44.5. The van der Waals surface area contributed by atoms with E-state index >= 15 is 0 Å². The zero-order valence-electron chi connectivity index (χ0n) is 42.1. The fourth-order valence-corrected chi connectivity index (χ4v) is 24.8. The van der Waals surface area contributed by atoms with Crippen molar-refractivity contribution >= 4 is 0 Å². The van der Waals surface area contributed by atoms with Crippen molar-refractivity contribution in [3.63, 3.8) is 0 Å². The molecule has 0 bridgehead atoms. The van der Waals surface area contributed by atoms with Crippen LogP contribution in [0.2, 0.25) is 16.5 Å². The van der Waals surface area contributed by atoms with Gasteiger partial charge in [-0.25, -0.2) is 0 Å². The number of hydrogen-bond acceptors (Lipinski definition) is 0. The molecule has 0 spiro atoms. The van der Waals surface area contributed by atoms with Crippen molar-refractivity contribution in [1.82, 2.24) is 0 Å². The van der Waals surface area contributed by atoms with Gasteiger partial charge in [0.1, 0.15) is 0 Å². The molecule has 0 aromatic heterocycles. The predicted octanol–water partition coefficient (Wildman–Crippen LogP) is 22.6. The van der Waals surface area contributed by atoms with Gasteiger partial charge in [0.15, 0.2) is 0 Å². The van der Waals surface area contributed by atoms with Crippen LogP contribution < -0.4 is 0 Å². The summed E-state index contributed by atoms with van der Waals surface area (Å²) in [4.78, 5) is 0. The van der Waals surface area contributed by atoms with Crippen molar-refractivity contribution in [1.29, 1.82) is 0 Å². The summed E-state index contributed by atoms with van der Waals surface area (Å²) in [6.07, 6.45) is 75.1. The third-order valence-corrected chi connectivity index (χ3v) is 28.1. The third-order valence-electron chi connectivity index (χ3n) is 13.5. The van der Waals surface area contributed by atoms with E-state index in [0.29, 0.717) is 0 Å². The molecule has 0 N–H and O–H groups in total. The first-order valence-corrected chi connectivity index (χ1v) is 35.0. The molecule has 0 radical (unpaired) electrons. The average molecular weight is 903 g/mol. The Bertz CT molecular complexity index is 747. The molecule has 0 nitrogen and oxygen atoms in total. The fraction of sp³-hybridized carbons (Fsp3) is 0.897. The first kappa shape index (κ1) is 59.1. The van der Waals surface area contributed by atoms with Crippen molar-refractivity contribution < 1.29 is 20.3 Å². The van der Waals surface area contributed by atoms with Gasteiger partial charge in [-0.2, -0.15) is 0 Å². The Kier molecular flexibility index (Phi) is 50.8. The quantitative estimate of drug-likeness (QED) is 0.0422. The summed E-state index contributed by atoms with van der Waals surface area (Å²) in [5.41, 5.74) is 0. The van der Waals surface area contributed by atoms with Gasteiger partial charge in [0.25, 0.3) is 0 Å². The molecule has 0 rings (SSSR count). The second-order valence-electron chi connectivity index (χ2n) is 20.2. The topological polar surface area (TPSA) is 0 Å².